The summed E-state index contributed by atoms with van der Waals surface area (Å²) in [5.74, 6) is -0.932. The molecule has 182 valence electrons. The molecule has 1 aliphatic rings. The first-order valence-electron chi connectivity index (χ1n) is 9.80. The molecule has 1 saturated heterocycles. The number of amides is 4. The molecule has 0 radical (unpaired) electrons. The SMILES string of the molecule is O=C(Nc1cc(CN2CC(=O)N(c3ccc(S(=O)(=O)C(F)(F)F)cc3)C2=O)ccn1)c1ccco1. The van der Waals surface area contributed by atoms with Crippen LogP contribution in [0.3, 0.4) is 0 Å². The second-order valence-electron chi connectivity index (χ2n) is 7.29. The summed E-state index contributed by atoms with van der Waals surface area (Å²) in [4.78, 5) is 42.3. The molecule has 3 heterocycles. The van der Waals surface area contributed by atoms with E-state index < -0.39 is 38.1 Å². The Bertz CT molecular complexity index is 1390. The minimum Gasteiger partial charge on any atom is -0.459 e. The van der Waals surface area contributed by atoms with Crippen LogP contribution in [-0.4, -0.2) is 48.2 Å². The van der Waals surface area contributed by atoms with Gasteiger partial charge in [-0.25, -0.2) is 23.1 Å². The fourth-order valence-corrected chi connectivity index (χ4v) is 4.04. The third kappa shape index (κ3) is 4.73. The van der Waals surface area contributed by atoms with Gasteiger partial charge in [-0.1, -0.05) is 0 Å². The third-order valence-electron chi connectivity index (χ3n) is 4.93. The number of anilines is 2. The first kappa shape index (κ1) is 23.9. The molecule has 35 heavy (non-hydrogen) atoms. The van der Waals surface area contributed by atoms with Gasteiger partial charge in [0.1, 0.15) is 12.4 Å². The number of nitrogens with zero attached hydrogens (tertiary/aromatic N) is 3. The van der Waals surface area contributed by atoms with E-state index in [1.165, 1.54) is 29.5 Å². The minimum absolute atomic E-state index is 0.0340. The predicted octanol–water partition coefficient (Wildman–Crippen LogP) is 3.19. The van der Waals surface area contributed by atoms with Crippen LogP contribution in [0.5, 0.6) is 0 Å². The topological polar surface area (TPSA) is 130 Å². The smallest absolute Gasteiger partial charge is 0.459 e. The summed E-state index contributed by atoms with van der Waals surface area (Å²) < 4.78 is 66.2. The van der Waals surface area contributed by atoms with Gasteiger partial charge in [-0.05, 0) is 54.1 Å². The van der Waals surface area contributed by atoms with Crippen molar-refractivity contribution in [2.24, 2.45) is 0 Å². The Balaban J connectivity index is 1.47. The lowest BCUT2D eigenvalue weighted by Crippen LogP contribution is -2.32. The summed E-state index contributed by atoms with van der Waals surface area (Å²) in [6.45, 7) is -0.356. The molecule has 4 amide bonds. The third-order valence-corrected chi connectivity index (χ3v) is 6.43. The molecule has 0 aliphatic carbocycles. The van der Waals surface area contributed by atoms with Gasteiger partial charge >= 0.3 is 11.5 Å². The summed E-state index contributed by atoms with van der Waals surface area (Å²) in [5, 5.41) is 2.54. The summed E-state index contributed by atoms with van der Waals surface area (Å²) in [7, 11) is -5.56. The molecule has 0 unspecified atom stereocenters. The van der Waals surface area contributed by atoms with Crippen molar-refractivity contribution >= 4 is 39.2 Å². The minimum atomic E-state index is -5.56. The number of imide groups is 1. The molecule has 3 aromatic rings. The van der Waals surface area contributed by atoms with Crippen LogP contribution in [0.15, 0.2) is 70.3 Å². The van der Waals surface area contributed by atoms with Crippen molar-refractivity contribution in [1.82, 2.24) is 9.88 Å². The number of carbonyl (C=O) groups excluding carboxylic acids is 3. The van der Waals surface area contributed by atoms with Crippen LogP contribution in [0.4, 0.5) is 29.5 Å². The van der Waals surface area contributed by atoms with Gasteiger partial charge in [-0.15, -0.1) is 0 Å². The zero-order chi connectivity index (χ0) is 25.4. The van der Waals surface area contributed by atoms with Crippen molar-refractivity contribution in [3.63, 3.8) is 0 Å². The number of furan rings is 1. The van der Waals surface area contributed by atoms with Gasteiger partial charge in [-0.3, -0.25) is 9.59 Å². The van der Waals surface area contributed by atoms with Gasteiger partial charge in [0.25, 0.3) is 21.7 Å². The molecule has 1 fully saturated rings. The van der Waals surface area contributed by atoms with Crippen molar-refractivity contribution in [3.8, 4) is 0 Å². The molecule has 0 saturated carbocycles. The van der Waals surface area contributed by atoms with Crippen molar-refractivity contribution in [1.29, 1.82) is 0 Å². The van der Waals surface area contributed by atoms with Crippen LogP contribution in [0.25, 0.3) is 0 Å². The highest BCUT2D eigenvalue weighted by molar-refractivity contribution is 7.92. The molecule has 1 aliphatic heterocycles. The lowest BCUT2D eigenvalue weighted by molar-refractivity contribution is -0.116. The number of halogens is 3. The Morgan fingerprint density at radius 1 is 1.11 bits per heavy atom. The highest BCUT2D eigenvalue weighted by atomic mass is 32.2. The van der Waals surface area contributed by atoms with E-state index >= 15 is 0 Å². The van der Waals surface area contributed by atoms with E-state index in [2.05, 4.69) is 10.3 Å². The van der Waals surface area contributed by atoms with E-state index in [1.807, 2.05) is 0 Å². The molecule has 1 N–H and O–H groups in total. The van der Waals surface area contributed by atoms with Crippen LogP contribution in [0.2, 0.25) is 0 Å². The largest absolute Gasteiger partial charge is 0.501 e. The van der Waals surface area contributed by atoms with Gasteiger partial charge < -0.3 is 14.6 Å². The van der Waals surface area contributed by atoms with Crippen LogP contribution in [0.1, 0.15) is 16.1 Å². The molecule has 10 nitrogen and oxygen atoms in total. The zero-order valence-corrected chi connectivity index (χ0v) is 18.3. The highest BCUT2D eigenvalue weighted by Crippen LogP contribution is 2.32. The lowest BCUT2D eigenvalue weighted by atomic mass is 10.2. The summed E-state index contributed by atoms with van der Waals surface area (Å²) in [5.41, 5.74) is -5.03. The van der Waals surface area contributed by atoms with E-state index in [1.54, 1.807) is 12.1 Å². The monoisotopic (exact) mass is 508 g/mol. The van der Waals surface area contributed by atoms with Crippen molar-refractivity contribution in [3.05, 3.63) is 72.3 Å². The van der Waals surface area contributed by atoms with Crippen molar-refractivity contribution in [2.45, 2.75) is 16.9 Å². The summed E-state index contributed by atoms with van der Waals surface area (Å²) in [6, 6.07) is 8.59. The van der Waals surface area contributed by atoms with Crippen LogP contribution < -0.4 is 10.2 Å². The first-order valence-corrected chi connectivity index (χ1v) is 11.3. The molecular formula is C21H15F3N4O6S. The fourth-order valence-electron chi connectivity index (χ4n) is 3.28. The van der Waals surface area contributed by atoms with Crippen molar-refractivity contribution < 1.29 is 40.4 Å². The van der Waals surface area contributed by atoms with Crippen LogP contribution >= 0.6 is 0 Å². The second kappa shape index (κ2) is 8.87. The number of hydrogen-bond acceptors (Lipinski definition) is 7. The Hall–Kier alpha value is -4.20. The molecule has 4 rings (SSSR count). The number of aromatic nitrogens is 1. The van der Waals surface area contributed by atoms with Crippen LogP contribution in [-0.2, 0) is 21.2 Å². The maximum atomic E-state index is 12.8. The van der Waals surface area contributed by atoms with Gasteiger partial charge in [0.15, 0.2) is 5.76 Å². The van der Waals surface area contributed by atoms with Gasteiger partial charge in [0.05, 0.1) is 16.8 Å². The Morgan fingerprint density at radius 2 is 1.83 bits per heavy atom. The number of urea groups is 1. The number of alkyl halides is 3. The van der Waals surface area contributed by atoms with Gasteiger partial charge in [0, 0.05) is 12.7 Å². The second-order valence-corrected chi connectivity index (χ2v) is 9.23. The van der Waals surface area contributed by atoms with E-state index in [9.17, 15) is 36.0 Å². The standard InChI is InChI=1S/C21H15F3N4O6S/c22-21(23,24)35(32,33)15-5-3-14(4-6-15)28-18(29)12-27(20(28)31)11-13-7-8-25-17(10-13)26-19(30)16-2-1-9-34-16/h1-10H,11-12H2,(H,25,26,30). The van der Waals surface area contributed by atoms with Crippen molar-refractivity contribution in [2.75, 3.05) is 16.8 Å². The zero-order valence-electron chi connectivity index (χ0n) is 17.5. The maximum Gasteiger partial charge on any atom is 0.501 e. The molecular weight excluding hydrogens is 493 g/mol. The fraction of sp³-hybridized carbons (Fsp3) is 0.143. The predicted molar refractivity (Wildman–Crippen MR) is 114 cm³/mol. The quantitative estimate of drug-likeness (QED) is 0.506. The molecule has 0 spiro atoms. The average molecular weight is 508 g/mol. The van der Waals surface area contributed by atoms with Gasteiger partial charge in [0.2, 0.25) is 0 Å². The number of carbonyl (C=O) groups is 3. The molecule has 0 bridgehead atoms. The average Bonchev–Trinajstić information content (AvgIpc) is 3.42. The molecule has 2 aromatic heterocycles. The highest BCUT2D eigenvalue weighted by Gasteiger charge is 2.47. The number of benzene rings is 1. The number of hydrogen-bond donors (Lipinski definition) is 1. The normalized spacial score (nSPS) is 14.5. The lowest BCUT2D eigenvalue weighted by Gasteiger charge is -2.18. The van der Waals surface area contributed by atoms with Gasteiger partial charge in [-0.2, -0.15) is 13.2 Å². The Labute approximate surface area is 195 Å². The number of nitrogens with one attached hydrogen (secondary N) is 1. The van der Waals surface area contributed by atoms with E-state index in [-0.39, 0.29) is 30.4 Å². The van der Waals surface area contributed by atoms with Crippen LogP contribution in [0, 0.1) is 0 Å². The molecule has 14 heteroatoms. The maximum absolute atomic E-state index is 12.8. The number of pyridine rings is 1. The molecule has 0 atom stereocenters. The van der Waals surface area contributed by atoms with E-state index in [4.69, 9.17) is 4.42 Å². The van der Waals surface area contributed by atoms with E-state index in [0.29, 0.717) is 17.7 Å². The number of rotatable bonds is 6. The first-order chi connectivity index (χ1) is 16.5. The Morgan fingerprint density at radius 3 is 2.46 bits per heavy atom. The molecule has 1 aromatic carbocycles. The summed E-state index contributed by atoms with van der Waals surface area (Å²) in [6.07, 6.45) is 2.73. The van der Waals surface area contributed by atoms with E-state index in [0.717, 1.165) is 17.0 Å². The Kier molecular flexibility index (Phi) is 6.06. The number of sulfone groups is 1. The summed E-state index contributed by atoms with van der Waals surface area (Å²) >= 11 is 0.